The second-order valence-corrected chi connectivity index (χ2v) is 5.25. The van der Waals surface area contributed by atoms with Crippen LogP contribution in [0.1, 0.15) is 26.3 Å². The van der Waals surface area contributed by atoms with E-state index in [4.69, 9.17) is 11.6 Å². The maximum absolute atomic E-state index is 12.4. The Morgan fingerprint density at radius 1 is 1.25 bits per heavy atom. The highest BCUT2D eigenvalue weighted by Crippen LogP contribution is 2.26. The van der Waals surface area contributed by atoms with Crippen molar-refractivity contribution < 1.29 is 19.2 Å². The number of nitrogens with one attached hydrogen (secondary N) is 1. The Morgan fingerprint density at radius 2 is 1.96 bits per heavy atom. The summed E-state index contributed by atoms with van der Waals surface area (Å²) < 4.78 is 4.58. The maximum Gasteiger partial charge on any atom is 0.337 e. The highest BCUT2D eigenvalue weighted by molar-refractivity contribution is 6.34. The van der Waals surface area contributed by atoms with E-state index in [0.717, 1.165) is 0 Å². The monoisotopic (exact) mass is 348 g/mol. The molecule has 1 amide bonds. The van der Waals surface area contributed by atoms with Crippen LogP contribution in [0.15, 0.2) is 36.4 Å². The fourth-order valence-electron chi connectivity index (χ4n) is 2.12. The summed E-state index contributed by atoms with van der Waals surface area (Å²) >= 11 is 6.05. The Morgan fingerprint density at radius 3 is 2.54 bits per heavy atom. The number of nitro groups is 1. The Labute approximate surface area is 142 Å². The molecule has 0 heterocycles. The van der Waals surface area contributed by atoms with Gasteiger partial charge in [-0.3, -0.25) is 14.9 Å². The molecule has 0 fully saturated rings. The molecule has 0 spiro atoms. The van der Waals surface area contributed by atoms with E-state index < -0.39 is 16.8 Å². The van der Waals surface area contributed by atoms with Crippen molar-refractivity contribution in [2.24, 2.45) is 0 Å². The lowest BCUT2D eigenvalue weighted by atomic mass is 10.1. The zero-order valence-corrected chi connectivity index (χ0v) is 13.6. The van der Waals surface area contributed by atoms with E-state index in [1.54, 1.807) is 0 Å². The smallest absolute Gasteiger partial charge is 0.337 e. The zero-order chi connectivity index (χ0) is 17.9. The first-order valence-corrected chi connectivity index (χ1v) is 7.16. The van der Waals surface area contributed by atoms with Gasteiger partial charge in [0.05, 0.1) is 28.3 Å². The van der Waals surface area contributed by atoms with E-state index in [2.05, 4.69) is 10.1 Å². The lowest BCUT2D eigenvalue weighted by Crippen LogP contribution is -2.14. The van der Waals surface area contributed by atoms with Gasteiger partial charge in [-0.25, -0.2) is 4.79 Å². The predicted octanol–water partition coefficient (Wildman–Crippen LogP) is 3.60. The summed E-state index contributed by atoms with van der Waals surface area (Å²) in [5.74, 6) is -1.09. The summed E-state index contributed by atoms with van der Waals surface area (Å²) in [4.78, 5) is 34.2. The average molecular weight is 349 g/mol. The maximum atomic E-state index is 12.4. The van der Waals surface area contributed by atoms with E-state index in [1.165, 1.54) is 50.4 Å². The molecule has 0 aliphatic carbocycles. The summed E-state index contributed by atoms with van der Waals surface area (Å²) in [6.07, 6.45) is 0. The molecule has 0 saturated heterocycles. The normalized spacial score (nSPS) is 10.1. The molecule has 0 atom stereocenters. The zero-order valence-electron chi connectivity index (χ0n) is 12.8. The SMILES string of the molecule is COC(=O)c1ccc(NC(=O)c2cccc([N+](=O)[O-])c2C)c(Cl)c1. The van der Waals surface area contributed by atoms with Crippen molar-refractivity contribution in [2.75, 3.05) is 12.4 Å². The van der Waals surface area contributed by atoms with Crippen LogP contribution in [-0.4, -0.2) is 23.9 Å². The first-order chi connectivity index (χ1) is 11.3. The van der Waals surface area contributed by atoms with Crippen LogP contribution in [-0.2, 0) is 4.74 Å². The lowest BCUT2D eigenvalue weighted by molar-refractivity contribution is -0.385. The topological polar surface area (TPSA) is 98.5 Å². The van der Waals surface area contributed by atoms with Crippen LogP contribution in [0.3, 0.4) is 0 Å². The summed E-state index contributed by atoms with van der Waals surface area (Å²) in [6, 6.07) is 8.51. The van der Waals surface area contributed by atoms with Gasteiger partial charge in [0.15, 0.2) is 0 Å². The van der Waals surface area contributed by atoms with Crippen LogP contribution in [0.5, 0.6) is 0 Å². The van der Waals surface area contributed by atoms with Gasteiger partial charge in [-0.05, 0) is 31.2 Å². The Bertz CT molecular complexity index is 835. The number of carbonyl (C=O) groups excluding carboxylic acids is 2. The van der Waals surface area contributed by atoms with Crippen LogP contribution in [0, 0.1) is 17.0 Å². The molecule has 2 rings (SSSR count). The number of hydrogen-bond donors (Lipinski definition) is 1. The van der Waals surface area contributed by atoms with E-state index in [-0.39, 0.29) is 33.1 Å². The first-order valence-electron chi connectivity index (χ1n) is 6.78. The third-order valence-corrected chi connectivity index (χ3v) is 3.70. The molecule has 0 saturated carbocycles. The Hall–Kier alpha value is -2.93. The summed E-state index contributed by atoms with van der Waals surface area (Å²) in [5.41, 5.74) is 0.793. The largest absolute Gasteiger partial charge is 0.465 e. The van der Waals surface area contributed by atoms with E-state index in [0.29, 0.717) is 0 Å². The first kappa shape index (κ1) is 17.4. The van der Waals surface area contributed by atoms with Crippen molar-refractivity contribution in [3.05, 3.63) is 68.2 Å². The Balaban J connectivity index is 2.29. The van der Waals surface area contributed by atoms with E-state index >= 15 is 0 Å². The standard InChI is InChI=1S/C16H13ClN2O5/c1-9-11(4-3-5-14(9)19(22)23)15(20)18-13-7-6-10(8-12(13)17)16(21)24-2/h3-8H,1-2H3,(H,18,20). The number of methoxy groups -OCH3 is 1. The van der Waals surface area contributed by atoms with Crippen molar-refractivity contribution >= 4 is 34.9 Å². The quantitative estimate of drug-likeness (QED) is 0.517. The van der Waals surface area contributed by atoms with Gasteiger partial charge in [-0.1, -0.05) is 17.7 Å². The number of ether oxygens (including phenoxy) is 1. The molecular weight excluding hydrogens is 336 g/mol. The van der Waals surface area contributed by atoms with Gasteiger partial charge in [0.1, 0.15) is 0 Å². The summed E-state index contributed by atoms with van der Waals surface area (Å²) in [7, 11) is 1.25. The Kier molecular flexibility index (Phi) is 5.15. The van der Waals surface area contributed by atoms with Crippen molar-refractivity contribution in [3.8, 4) is 0 Å². The number of anilines is 1. The van der Waals surface area contributed by atoms with Gasteiger partial charge in [-0.2, -0.15) is 0 Å². The number of rotatable bonds is 4. The molecule has 0 radical (unpaired) electrons. The molecule has 24 heavy (non-hydrogen) atoms. The number of amides is 1. The number of halogens is 1. The van der Waals surface area contributed by atoms with E-state index in [1.807, 2.05) is 0 Å². The third-order valence-electron chi connectivity index (χ3n) is 3.38. The number of carbonyl (C=O) groups is 2. The number of nitrogens with zero attached hydrogens (tertiary/aromatic N) is 1. The molecule has 2 aromatic carbocycles. The third kappa shape index (κ3) is 3.52. The van der Waals surface area contributed by atoms with Gasteiger partial charge in [0.2, 0.25) is 0 Å². The molecule has 8 heteroatoms. The highest BCUT2D eigenvalue weighted by atomic mass is 35.5. The van der Waals surface area contributed by atoms with Crippen molar-refractivity contribution in [2.45, 2.75) is 6.92 Å². The van der Waals surface area contributed by atoms with Gasteiger partial charge in [-0.15, -0.1) is 0 Å². The molecule has 0 aliphatic rings. The molecule has 0 aliphatic heterocycles. The second-order valence-electron chi connectivity index (χ2n) is 4.85. The minimum Gasteiger partial charge on any atom is -0.465 e. The van der Waals surface area contributed by atoms with Gasteiger partial charge >= 0.3 is 5.97 Å². The van der Waals surface area contributed by atoms with Crippen molar-refractivity contribution in [1.82, 2.24) is 0 Å². The molecule has 124 valence electrons. The van der Waals surface area contributed by atoms with Gasteiger partial charge in [0.25, 0.3) is 11.6 Å². The fraction of sp³-hybridized carbons (Fsp3) is 0.125. The van der Waals surface area contributed by atoms with Crippen LogP contribution in [0.25, 0.3) is 0 Å². The van der Waals surface area contributed by atoms with Crippen LogP contribution in [0.4, 0.5) is 11.4 Å². The minimum absolute atomic E-state index is 0.144. The molecule has 0 aromatic heterocycles. The van der Waals surface area contributed by atoms with Crippen molar-refractivity contribution in [1.29, 1.82) is 0 Å². The lowest BCUT2D eigenvalue weighted by Gasteiger charge is -2.10. The second kappa shape index (κ2) is 7.10. The molecule has 0 bridgehead atoms. The molecule has 0 unspecified atom stereocenters. The number of benzene rings is 2. The van der Waals surface area contributed by atoms with Crippen molar-refractivity contribution in [3.63, 3.8) is 0 Å². The molecule has 2 aromatic rings. The molecule has 7 nitrogen and oxygen atoms in total. The highest BCUT2D eigenvalue weighted by Gasteiger charge is 2.19. The predicted molar refractivity (Wildman–Crippen MR) is 88.6 cm³/mol. The van der Waals surface area contributed by atoms with E-state index in [9.17, 15) is 19.7 Å². The average Bonchev–Trinajstić information content (AvgIpc) is 2.55. The minimum atomic E-state index is -0.552. The van der Waals surface area contributed by atoms with Gasteiger partial charge in [0, 0.05) is 17.2 Å². The number of esters is 1. The van der Waals surface area contributed by atoms with Crippen LogP contribution in [0.2, 0.25) is 5.02 Å². The number of hydrogen-bond acceptors (Lipinski definition) is 5. The van der Waals surface area contributed by atoms with Gasteiger partial charge < -0.3 is 10.1 Å². The van der Waals surface area contributed by atoms with Crippen LogP contribution < -0.4 is 5.32 Å². The summed E-state index contributed by atoms with van der Waals surface area (Å²) in [5, 5.41) is 13.7. The fourth-order valence-corrected chi connectivity index (χ4v) is 2.35. The number of nitro benzene ring substituents is 1. The molecule has 1 N–H and O–H groups in total. The van der Waals surface area contributed by atoms with Crippen LogP contribution >= 0.6 is 11.6 Å². The summed E-state index contributed by atoms with van der Waals surface area (Å²) in [6.45, 7) is 1.50. The molecular formula is C16H13ClN2O5.